The van der Waals surface area contributed by atoms with Crippen LogP contribution in [0.4, 0.5) is 0 Å². The molecule has 2 aromatic rings. The number of aryl methyl sites for hydroxylation is 1. The van der Waals surface area contributed by atoms with Crippen molar-refractivity contribution in [3.05, 3.63) is 46.8 Å². The topological polar surface area (TPSA) is 66.1 Å². The van der Waals surface area contributed by atoms with Gasteiger partial charge in [0.05, 0.1) is 6.04 Å². The number of carbonyl (C=O) groups is 1. The van der Waals surface area contributed by atoms with E-state index in [1.807, 2.05) is 31.2 Å². The highest BCUT2D eigenvalue weighted by Gasteiger charge is 2.27. The van der Waals surface area contributed by atoms with Crippen molar-refractivity contribution < 1.29 is 9.00 Å². The zero-order valence-corrected chi connectivity index (χ0v) is 14.4. The third-order valence-electron chi connectivity index (χ3n) is 4.60. The number of benzene rings is 1. The van der Waals surface area contributed by atoms with E-state index in [0.29, 0.717) is 5.69 Å². The summed E-state index contributed by atoms with van der Waals surface area (Å²) in [6.45, 7) is 1.99. The molecule has 1 aromatic carbocycles. The smallest absolute Gasteiger partial charge is 0.274 e. The minimum absolute atomic E-state index is 0.0555. The maximum Gasteiger partial charge on any atom is 0.274 e. The molecular formula is C17H21N3O2S. The Hall–Kier alpha value is -1.95. The summed E-state index contributed by atoms with van der Waals surface area (Å²) in [6.07, 6.45) is 4.64. The molecule has 0 unspecified atom stereocenters. The van der Waals surface area contributed by atoms with Gasteiger partial charge in [-0.2, -0.15) is 5.10 Å². The monoisotopic (exact) mass is 331 g/mol. The molecule has 1 amide bonds. The van der Waals surface area contributed by atoms with E-state index in [4.69, 9.17) is 0 Å². The Bertz CT molecular complexity index is 752. The number of nitrogens with zero attached hydrogens (tertiary/aromatic N) is 2. The Balaban J connectivity index is 1.79. The molecule has 6 heteroatoms. The van der Waals surface area contributed by atoms with Crippen LogP contribution < -0.4 is 0 Å². The fourth-order valence-corrected chi connectivity index (χ4v) is 3.52. The Morgan fingerprint density at radius 2 is 2.00 bits per heavy atom. The quantitative estimate of drug-likeness (QED) is 0.936. The minimum Gasteiger partial charge on any atom is -0.334 e. The first-order valence-electron chi connectivity index (χ1n) is 7.75. The van der Waals surface area contributed by atoms with Gasteiger partial charge in [0.2, 0.25) is 0 Å². The van der Waals surface area contributed by atoms with Crippen LogP contribution in [0.2, 0.25) is 0 Å². The second-order valence-corrected chi connectivity index (χ2v) is 7.38. The van der Waals surface area contributed by atoms with E-state index in [-0.39, 0.29) is 11.9 Å². The van der Waals surface area contributed by atoms with Crippen LogP contribution >= 0.6 is 0 Å². The van der Waals surface area contributed by atoms with Crippen LogP contribution in [-0.2, 0) is 23.6 Å². The number of carbonyl (C=O) groups excluding carboxylic acids is 1. The molecule has 1 aromatic heterocycles. The minimum atomic E-state index is -0.989. The summed E-state index contributed by atoms with van der Waals surface area (Å²) in [5.74, 6) is -0.0555. The molecule has 122 valence electrons. The average Bonchev–Trinajstić information content (AvgIpc) is 3.16. The fraction of sp³-hybridized carbons (Fsp3) is 0.412. The second kappa shape index (κ2) is 6.28. The van der Waals surface area contributed by atoms with Gasteiger partial charge in [0.1, 0.15) is 0 Å². The first-order chi connectivity index (χ1) is 11.0. The lowest BCUT2D eigenvalue weighted by Gasteiger charge is -2.25. The number of amides is 1. The third kappa shape index (κ3) is 2.95. The van der Waals surface area contributed by atoms with Gasteiger partial charge in [0.15, 0.2) is 5.69 Å². The maximum atomic E-state index is 12.8. The molecule has 2 atom stereocenters. The lowest BCUT2D eigenvalue weighted by atomic mass is 10.1. The summed E-state index contributed by atoms with van der Waals surface area (Å²) in [5.41, 5.74) is 3.75. The van der Waals surface area contributed by atoms with Crippen molar-refractivity contribution in [3.8, 4) is 0 Å². The summed E-state index contributed by atoms with van der Waals surface area (Å²) in [6, 6.07) is 7.50. The van der Waals surface area contributed by atoms with E-state index < -0.39 is 10.8 Å². The van der Waals surface area contributed by atoms with Gasteiger partial charge in [0, 0.05) is 40.3 Å². The van der Waals surface area contributed by atoms with Gasteiger partial charge in [-0.15, -0.1) is 0 Å². The van der Waals surface area contributed by atoms with Crippen LogP contribution in [0.1, 0.15) is 46.7 Å². The van der Waals surface area contributed by atoms with Crippen molar-refractivity contribution in [1.29, 1.82) is 0 Å². The number of H-pyrrole nitrogens is 1. The molecule has 1 aliphatic carbocycles. The lowest BCUT2D eigenvalue weighted by Crippen LogP contribution is -2.30. The standard InChI is InChI=1S/C17H21N3O2S/c1-11(12-7-9-13(10-8-12)23(3)22)20(2)17(21)16-14-5-4-6-15(14)18-19-16/h7-11H,4-6H2,1-3H3,(H,18,19)/t11-,23-/m1/s1. The Labute approximate surface area is 138 Å². The van der Waals surface area contributed by atoms with Crippen molar-refractivity contribution in [1.82, 2.24) is 15.1 Å². The lowest BCUT2D eigenvalue weighted by molar-refractivity contribution is 0.0735. The zero-order valence-electron chi connectivity index (χ0n) is 13.6. The number of nitrogens with one attached hydrogen (secondary N) is 1. The van der Waals surface area contributed by atoms with Crippen LogP contribution in [0.25, 0.3) is 0 Å². The molecule has 3 rings (SSSR count). The van der Waals surface area contributed by atoms with Gasteiger partial charge >= 0.3 is 0 Å². The van der Waals surface area contributed by atoms with Gasteiger partial charge < -0.3 is 4.90 Å². The van der Waals surface area contributed by atoms with Gasteiger partial charge in [-0.3, -0.25) is 14.1 Å². The van der Waals surface area contributed by atoms with Gasteiger partial charge in [-0.25, -0.2) is 0 Å². The van der Waals surface area contributed by atoms with E-state index >= 15 is 0 Å². The molecule has 0 aliphatic heterocycles. The Morgan fingerprint density at radius 1 is 1.30 bits per heavy atom. The summed E-state index contributed by atoms with van der Waals surface area (Å²) >= 11 is 0. The average molecular weight is 331 g/mol. The number of hydrogen-bond acceptors (Lipinski definition) is 3. The number of fused-ring (bicyclic) bond motifs is 1. The van der Waals surface area contributed by atoms with Crippen molar-refractivity contribution in [3.63, 3.8) is 0 Å². The molecule has 1 N–H and O–H groups in total. The molecule has 0 radical (unpaired) electrons. The van der Waals surface area contributed by atoms with E-state index in [1.165, 1.54) is 0 Å². The van der Waals surface area contributed by atoms with Crippen LogP contribution in [0.15, 0.2) is 29.2 Å². The van der Waals surface area contributed by atoms with E-state index in [1.54, 1.807) is 18.2 Å². The fourth-order valence-electron chi connectivity index (χ4n) is 3.00. The van der Waals surface area contributed by atoms with Crippen molar-refractivity contribution in [2.45, 2.75) is 37.1 Å². The molecule has 0 saturated heterocycles. The molecule has 0 saturated carbocycles. The molecular weight excluding hydrogens is 310 g/mol. The van der Waals surface area contributed by atoms with Crippen molar-refractivity contribution in [2.24, 2.45) is 0 Å². The van der Waals surface area contributed by atoms with E-state index in [0.717, 1.165) is 41.0 Å². The molecule has 1 aliphatic rings. The zero-order chi connectivity index (χ0) is 16.6. The predicted molar refractivity (Wildman–Crippen MR) is 89.9 cm³/mol. The van der Waals surface area contributed by atoms with E-state index in [9.17, 15) is 9.00 Å². The summed E-state index contributed by atoms with van der Waals surface area (Å²) in [7, 11) is 0.812. The van der Waals surface area contributed by atoms with Crippen molar-refractivity contribution in [2.75, 3.05) is 13.3 Å². The summed E-state index contributed by atoms with van der Waals surface area (Å²) < 4.78 is 11.5. The Morgan fingerprint density at radius 3 is 2.65 bits per heavy atom. The van der Waals surface area contributed by atoms with Gasteiger partial charge in [0.25, 0.3) is 5.91 Å². The highest BCUT2D eigenvalue weighted by molar-refractivity contribution is 7.84. The molecule has 0 spiro atoms. The highest BCUT2D eigenvalue weighted by Crippen LogP contribution is 2.26. The SMILES string of the molecule is C[C@H](c1ccc([S@@](C)=O)cc1)N(C)C(=O)c1n[nH]c2c1CCC2. The highest BCUT2D eigenvalue weighted by atomic mass is 32.2. The first kappa shape index (κ1) is 15.9. The molecule has 23 heavy (non-hydrogen) atoms. The van der Waals surface area contributed by atoms with Gasteiger partial charge in [-0.05, 0) is 43.9 Å². The van der Waals surface area contributed by atoms with Crippen LogP contribution in [0.3, 0.4) is 0 Å². The third-order valence-corrected chi connectivity index (χ3v) is 5.54. The number of aromatic nitrogens is 2. The largest absolute Gasteiger partial charge is 0.334 e. The number of rotatable bonds is 4. The molecule has 1 heterocycles. The second-order valence-electron chi connectivity index (χ2n) is 6.00. The maximum absolute atomic E-state index is 12.8. The summed E-state index contributed by atoms with van der Waals surface area (Å²) in [4.78, 5) is 15.3. The van der Waals surface area contributed by atoms with E-state index in [2.05, 4.69) is 10.2 Å². The number of hydrogen-bond donors (Lipinski definition) is 1. The van der Waals surface area contributed by atoms with Crippen LogP contribution in [-0.4, -0.2) is 38.5 Å². The van der Waals surface area contributed by atoms with Gasteiger partial charge in [-0.1, -0.05) is 12.1 Å². The first-order valence-corrected chi connectivity index (χ1v) is 9.31. The van der Waals surface area contributed by atoms with Crippen LogP contribution in [0.5, 0.6) is 0 Å². The summed E-state index contributed by atoms with van der Waals surface area (Å²) in [5, 5.41) is 7.21. The Kier molecular flexibility index (Phi) is 4.35. The predicted octanol–water partition coefficient (Wildman–Crippen LogP) is 2.47. The normalized spacial score (nSPS) is 16.0. The van der Waals surface area contributed by atoms with Crippen molar-refractivity contribution >= 4 is 16.7 Å². The molecule has 5 nitrogen and oxygen atoms in total. The molecule has 0 bridgehead atoms. The number of aromatic amines is 1. The van der Waals surface area contributed by atoms with Crippen LogP contribution in [0, 0.1) is 0 Å². The molecule has 0 fully saturated rings.